The average molecular weight is 133 g/mol. The molecule has 0 radical (unpaired) electrons. The minimum Gasteiger partial charge on any atom is -0.393 e. The Labute approximate surface area is 55.5 Å². The Hall–Kier alpha value is -0.120. The molecule has 0 aromatic heterocycles. The zero-order valence-corrected chi connectivity index (χ0v) is 5.75. The molecule has 0 aromatic carbocycles. The highest BCUT2D eigenvalue weighted by Crippen LogP contribution is 1.98. The minimum absolute atomic E-state index is 0.284. The molecular formula is C6H15NO2. The van der Waals surface area contributed by atoms with Gasteiger partial charge in [0.25, 0.3) is 0 Å². The number of hydrogen-bond donors (Lipinski definition) is 3. The fourth-order valence-electron chi connectivity index (χ4n) is 0.551. The van der Waals surface area contributed by atoms with Gasteiger partial charge in [-0.1, -0.05) is 0 Å². The second-order valence-corrected chi connectivity index (χ2v) is 2.32. The molecule has 56 valence electrons. The minimum atomic E-state index is -0.445. The van der Waals surface area contributed by atoms with Crippen LogP contribution >= 0.6 is 0 Å². The monoisotopic (exact) mass is 133 g/mol. The molecule has 0 rings (SSSR count). The highest BCUT2D eigenvalue weighted by Gasteiger charge is 2.02. The summed E-state index contributed by atoms with van der Waals surface area (Å²) in [7, 11) is 0. The molecule has 3 nitrogen and oxygen atoms in total. The smallest absolute Gasteiger partial charge is 0.0663 e. The van der Waals surface area contributed by atoms with Gasteiger partial charge in [0.1, 0.15) is 0 Å². The zero-order chi connectivity index (χ0) is 7.28. The second kappa shape index (κ2) is 4.73. The lowest BCUT2D eigenvalue weighted by Crippen LogP contribution is -2.20. The maximum Gasteiger partial charge on any atom is 0.0663 e. The Kier molecular flexibility index (Phi) is 4.67. The van der Waals surface area contributed by atoms with Crippen LogP contribution in [0.15, 0.2) is 0 Å². The Bertz CT molecular complexity index is 66.1. The van der Waals surface area contributed by atoms with Crippen molar-refractivity contribution in [3.63, 3.8) is 0 Å². The number of aliphatic hydroxyl groups is 2. The SMILES string of the molecule is CC(O)CC[C@H](O)CN. The summed E-state index contributed by atoms with van der Waals surface area (Å²) in [6, 6.07) is 0. The first-order valence-corrected chi connectivity index (χ1v) is 3.23. The lowest BCUT2D eigenvalue weighted by molar-refractivity contribution is 0.127. The molecule has 1 unspecified atom stereocenters. The molecule has 3 heteroatoms. The van der Waals surface area contributed by atoms with E-state index >= 15 is 0 Å². The lowest BCUT2D eigenvalue weighted by atomic mass is 10.1. The van der Waals surface area contributed by atoms with Gasteiger partial charge in [-0.3, -0.25) is 0 Å². The second-order valence-electron chi connectivity index (χ2n) is 2.32. The molecule has 0 saturated heterocycles. The predicted molar refractivity (Wildman–Crippen MR) is 36.0 cm³/mol. The molecule has 0 amide bonds. The summed E-state index contributed by atoms with van der Waals surface area (Å²) in [4.78, 5) is 0. The van der Waals surface area contributed by atoms with Gasteiger partial charge in [-0.2, -0.15) is 0 Å². The van der Waals surface area contributed by atoms with Crippen molar-refractivity contribution < 1.29 is 10.2 Å². The van der Waals surface area contributed by atoms with Crippen LogP contribution in [-0.4, -0.2) is 29.0 Å². The number of hydrogen-bond acceptors (Lipinski definition) is 3. The van der Waals surface area contributed by atoms with Gasteiger partial charge in [-0.25, -0.2) is 0 Å². The van der Waals surface area contributed by atoms with E-state index in [2.05, 4.69) is 0 Å². The van der Waals surface area contributed by atoms with E-state index in [1.807, 2.05) is 0 Å². The largest absolute Gasteiger partial charge is 0.393 e. The van der Waals surface area contributed by atoms with Crippen molar-refractivity contribution in [1.82, 2.24) is 0 Å². The van der Waals surface area contributed by atoms with Crippen molar-refractivity contribution in [2.24, 2.45) is 5.73 Å². The summed E-state index contributed by atoms with van der Waals surface area (Å²) in [5.41, 5.74) is 5.13. The van der Waals surface area contributed by atoms with E-state index in [-0.39, 0.29) is 12.6 Å². The molecule has 0 saturated carbocycles. The quantitative estimate of drug-likeness (QED) is 0.483. The van der Waals surface area contributed by atoms with Crippen LogP contribution in [0.4, 0.5) is 0 Å². The maximum atomic E-state index is 8.87. The molecule has 0 spiro atoms. The van der Waals surface area contributed by atoms with E-state index < -0.39 is 6.10 Å². The Morgan fingerprint density at radius 2 is 1.89 bits per heavy atom. The van der Waals surface area contributed by atoms with Gasteiger partial charge < -0.3 is 15.9 Å². The molecule has 0 aliphatic carbocycles. The Balaban J connectivity index is 3.06. The van der Waals surface area contributed by atoms with Crippen molar-refractivity contribution in [2.75, 3.05) is 6.54 Å². The van der Waals surface area contributed by atoms with E-state index in [0.717, 1.165) is 0 Å². The normalized spacial score (nSPS) is 17.3. The highest BCUT2D eigenvalue weighted by molar-refractivity contribution is 4.57. The van der Waals surface area contributed by atoms with Gasteiger partial charge >= 0.3 is 0 Å². The van der Waals surface area contributed by atoms with Crippen molar-refractivity contribution in [3.05, 3.63) is 0 Å². The summed E-state index contributed by atoms with van der Waals surface area (Å²) in [6.07, 6.45) is 0.442. The molecule has 0 bridgehead atoms. The van der Waals surface area contributed by atoms with Crippen molar-refractivity contribution in [2.45, 2.75) is 32.0 Å². The molecular weight excluding hydrogens is 118 g/mol. The van der Waals surface area contributed by atoms with Crippen LogP contribution in [0, 0.1) is 0 Å². The van der Waals surface area contributed by atoms with Crippen LogP contribution in [0.2, 0.25) is 0 Å². The number of nitrogens with two attached hydrogens (primary N) is 1. The molecule has 9 heavy (non-hydrogen) atoms. The molecule has 4 N–H and O–H groups in total. The van der Waals surface area contributed by atoms with Crippen LogP contribution in [0.1, 0.15) is 19.8 Å². The third-order valence-corrected chi connectivity index (χ3v) is 1.19. The van der Waals surface area contributed by atoms with Crippen LogP contribution < -0.4 is 5.73 Å². The van der Waals surface area contributed by atoms with Crippen LogP contribution in [0.5, 0.6) is 0 Å². The summed E-state index contributed by atoms with van der Waals surface area (Å²) < 4.78 is 0. The maximum absolute atomic E-state index is 8.87. The van der Waals surface area contributed by atoms with E-state index in [1.54, 1.807) is 6.92 Å². The number of aliphatic hydroxyl groups excluding tert-OH is 2. The summed E-state index contributed by atoms with van der Waals surface area (Å²) in [5, 5.41) is 17.6. The lowest BCUT2D eigenvalue weighted by Gasteiger charge is -2.07. The van der Waals surface area contributed by atoms with E-state index in [1.165, 1.54) is 0 Å². The van der Waals surface area contributed by atoms with Gasteiger partial charge in [-0.15, -0.1) is 0 Å². The van der Waals surface area contributed by atoms with Crippen molar-refractivity contribution >= 4 is 0 Å². The first-order valence-electron chi connectivity index (χ1n) is 3.23. The predicted octanol–water partition coefficient (Wildman–Crippen LogP) is -0.533. The average Bonchev–Trinajstić information content (AvgIpc) is 1.83. The third kappa shape index (κ3) is 5.76. The van der Waals surface area contributed by atoms with Crippen molar-refractivity contribution in [1.29, 1.82) is 0 Å². The number of rotatable bonds is 4. The summed E-state index contributed by atoms with van der Waals surface area (Å²) in [6.45, 7) is 1.98. The Morgan fingerprint density at radius 1 is 1.33 bits per heavy atom. The Morgan fingerprint density at radius 3 is 2.22 bits per heavy atom. The zero-order valence-electron chi connectivity index (χ0n) is 5.75. The van der Waals surface area contributed by atoms with E-state index in [9.17, 15) is 0 Å². The van der Waals surface area contributed by atoms with E-state index in [0.29, 0.717) is 12.8 Å². The molecule has 0 aliphatic rings. The van der Waals surface area contributed by atoms with Crippen LogP contribution in [0.25, 0.3) is 0 Å². The topological polar surface area (TPSA) is 66.5 Å². The highest BCUT2D eigenvalue weighted by atomic mass is 16.3. The molecule has 0 aromatic rings. The first-order chi connectivity index (χ1) is 4.16. The molecule has 2 atom stereocenters. The summed E-state index contributed by atoms with van der Waals surface area (Å²) in [5.74, 6) is 0. The standard InChI is InChI=1S/C6H15NO2/c1-5(8)2-3-6(9)4-7/h5-6,8-9H,2-4,7H2,1H3/t5?,6-/m0/s1. The van der Waals surface area contributed by atoms with Gasteiger partial charge in [0.15, 0.2) is 0 Å². The van der Waals surface area contributed by atoms with Gasteiger partial charge in [0, 0.05) is 6.54 Å². The van der Waals surface area contributed by atoms with Gasteiger partial charge in [0.2, 0.25) is 0 Å². The summed E-state index contributed by atoms with van der Waals surface area (Å²) >= 11 is 0. The molecule has 0 heterocycles. The van der Waals surface area contributed by atoms with Gasteiger partial charge in [-0.05, 0) is 19.8 Å². The van der Waals surface area contributed by atoms with Crippen LogP contribution in [-0.2, 0) is 0 Å². The fraction of sp³-hybridized carbons (Fsp3) is 1.00. The van der Waals surface area contributed by atoms with Crippen LogP contribution in [0.3, 0.4) is 0 Å². The molecule has 0 aliphatic heterocycles. The first kappa shape index (κ1) is 8.88. The molecule has 0 fully saturated rings. The fourth-order valence-corrected chi connectivity index (χ4v) is 0.551. The van der Waals surface area contributed by atoms with E-state index in [4.69, 9.17) is 15.9 Å². The third-order valence-electron chi connectivity index (χ3n) is 1.19. The van der Waals surface area contributed by atoms with Crippen molar-refractivity contribution in [3.8, 4) is 0 Å². The van der Waals surface area contributed by atoms with Gasteiger partial charge in [0.05, 0.1) is 12.2 Å².